The molecule has 0 aliphatic heterocycles. The van der Waals surface area contributed by atoms with Crippen molar-refractivity contribution in [3.05, 3.63) is 30.1 Å². The highest BCUT2D eigenvalue weighted by atomic mass is 16.5. The molecule has 1 aromatic rings. The van der Waals surface area contributed by atoms with Crippen molar-refractivity contribution in [2.45, 2.75) is 26.4 Å². The molecule has 0 saturated carbocycles. The van der Waals surface area contributed by atoms with Crippen molar-refractivity contribution in [2.75, 3.05) is 13.7 Å². The third-order valence-corrected chi connectivity index (χ3v) is 2.29. The number of carbonyl (C=O) groups excluding carboxylic acids is 1. The molecule has 0 aliphatic carbocycles. The topological polar surface area (TPSA) is 42.4 Å². The number of aromatic nitrogens is 1. The van der Waals surface area contributed by atoms with Gasteiger partial charge in [0.25, 0.3) is 0 Å². The largest absolute Gasteiger partial charge is 0.375 e. The first-order valence-corrected chi connectivity index (χ1v) is 5.32. The van der Waals surface area contributed by atoms with Crippen LogP contribution in [0.3, 0.4) is 0 Å². The Labute approximate surface area is 96.2 Å². The van der Waals surface area contributed by atoms with Crippen molar-refractivity contribution >= 4 is 5.91 Å². The summed E-state index contributed by atoms with van der Waals surface area (Å²) >= 11 is 0. The molecule has 16 heavy (non-hydrogen) atoms. The van der Waals surface area contributed by atoms with Crippen molar-refractivity contribution < 1.29 is 9.53 Å². The number of hydrogen-bond acceptors (Lipinski definition) is 3. The van der Waals surface area contributed by atoms with E-state index in [-0.39, 0.29) is 18.6 Å². The lowest BCUT2D eigenvalue weighted by molar-refractivity contribution is -0.137. The molecular formula is C12H18N2O2. The van der Waals surface area contributed by atoms with E-state index in [9.17, 15) is 4.79 Å². The van der Waals surface area contributed by atoms with E-state index in [1.54, 1.807) is 17.3 Å². The minimum absolute atomic E-state index is 0.00125. The zero-order valence-electron chi connectivity index (χ0n) is 10.0. The van der Waals surface area contributed by atoms with Crippen LogP contribution in [0.25, 0.3) is 0 Å². The van der Waals surface area contributed by atoms with Gasteiger partial charge in [-0.25, -0.2) is 0 Å². The molecule has 0 N–H and O–H groups in total. The zero-order valence-corrected chi connectivity index (χ0v) is 10.0. The normalized spacial score (nSPS) is 10.5. The number of pyridine rings is 1. The quantitative estimate of drug-likeness (QED) is 0.757. The molecule has 0 saturated heterocycles. The van der Waals surface area contributed by atoms with Gasteiger partial charge < -0.3 is 9.64 Å². The van der Waals surface area contributed by atoms with Gasteiger partial charge in [0.2, 0.25) is 5.91 Å². The zero-order chi connectivity index (χ0) is 12.0. The van der Waals surface area contributed by atoms with E-state index >= 15 is 0 Å². The molecule has 4 heteroatoms. The van der Waals surface area contributed by atoms with Crippen molar-refractivity contribution in [1.82, 2.24) is 9.88 Å². The summed E-state index contributed by atoms with van der Waals surface area (Å²) in [6.07, 6.45) is 3.50. The molecule has 1 heterocycles. The van der Waals surface area contributed by atoms with Gasteiger partial charge >= 0.3 is 0 Å². The van der Waals surface area contributed by atoms with Crippen LogP contribution in [0.5, 0.6) is 0 Å². The van der Waals surface area contributed by atoms with Crippen molar-refractivity contribution in [3.63, 3.8) is 0 Å². The maximum atomic E-state index is 11.8. The molecule has 0 atom stereocenters. The van der Waals surface area contributed by atoms with Crippen LogP contribution in [0.1, 0.15) is 19.4 Å². The molecule has 4 nitrogen and oxygen atoms in total. The summed E-state index contributed by atoms with van der Waals surface area (Å²) in [5.41, 5.74) is 1.03. The van der Waals surface area contributed by atoms with Crippen LogP contribution in [-0.4, -0.2) is 35.5 Å². The lowest BCUT2D eigenvalue weighted by atomic mass is 10.2. The molecular weight excluding hydrogens is 204 g/mol. The number of amides is 1. The van der Waals surface area contributed by atoms with Crippen LogP contribution in [0.2, 0.25) is 0 Å². The summed E-state index contributed by atoms with van der Waals surface area (Å²) in [6, 6.07) is 3.99. The highest BCUT2D eigenvalue weighted by Crippen LogP contribution is 2.07. The van der Waals surface area contributed by atoms with Gasteiger partial charge in [-0.2, -0.15) is 0 Å². The minimum Gasteiger partial charge on any atom is -0.375 e. The van der Waals surface area contributed by atoms with Gasteiger partial charge in [0, 0.05) is 32.1 Å². The second kappa shape index (κ2) is 6.23. The van der Waals surface area contributed by atoms with Gasteiger partial charge in [-0.05, 0) is 25.5 Å². The molecule has 0 fully saturated rings. The SMILES string of the molecule is COCC(=O)N(Cc1cccnc1)C(C)C. The molecule has 1 rings (SSSR count). The second-order valence-corrected chi connectivity index (χ2v) is 3.91. The van der Waals surface area contributed by atoms with Crippen LogP contribution in [0, 0.1) is 0 Å². The Kier molecular flexibility index (Phi) is 4.92. The van der Waals surface area contributed by atoms with Crippen LogP contribution in [0.4, 0.5) is 0 Å². The molecule has 0 aromatic carbocycles. The summed E-state index contributed by atoms with van der Waals surface area (Å²) in [6.45, 7) is 4.68. The third kappa shape index (κ3) is 3.62. The van der Waals surface area contributed by atoms with Crippen LogP contribution < -0.4 is 0 Å². The summed E-state index contributed by atoms with van der Waals surface area (Å²) in [5.74, 6) is 0.00125. The Balaban J connectivity index is 2.69. The van der Waals surface area contributed by atoms with Gasteiger partial charge in [-0.15, -0.1) is 0 Å². The number of ether oxygens (including phenoxy) is 1. The number of rotatable bonds is 5. The van der Waals surface area contributed by atoms with Crippen LogP contribution in [0.15, 0.2) is 24.5 Å². The molecule has 0 aliphatic rings. The van der Waals surface area contributed by atoms with E-state index in [1.165, 1.54) is 7.11 Å². The highest BCUT2D eigenvalue weighted by Gasteiger charge is 2.16. The number of methoxy groups -OCH3 is 1. The smallest absolute Gasteiger partial charge is 0.249 e. The fourth-order valence-corrected chi connectivity index (χ4v) is 1.45. The first-order valence-electron chi connectivity index (χ1n) is 5.32. The van der Waals surface area contributed by atoms with E-state index in [1.807, 2.05) is 26.0 Å². The Morgan fingerprint density at radius 1 is 1.56 bits per heavy atom. The first kappa shape index (κ1) is 12.6. The van der Waals surface area contributed by atoms with Gasteiger partial charge in [-0.1, -0.05) is 6.07 Å². The summed E-state index contributed by atoms with van der Waals surface area (Å²) in [5, 5.41) is 0. The Bertz CT molecular complexity index is 325. The Morgan fingerprint density at radius 2 is 2.31 bits per heavy atom. The molecule has 88 valence electrons. The standard InChI is InChI=1S/C12H18N2O2/c1-10(2)14(12(15)9-16-3)8-11-5-4-6-13-7-11/h4-7,10H,8-9H2,1-3H3. The summed E-state index contributed by atoms with van der Waals surface area (Å²) in [7, 11) is 1.53. The first-order chi connectivity index (χ1) is 7.65. The van der Waals surface area contributed by atoms with Crippen LogP contribution >= 0.6 is 0 Å². The predicted octanol–water partition coefficient (Wildman–Crippen LogP) is 1.47. The molecule has 0 bridgehead atoms. The molecule has 1 amide bonds. The molecule has 0 radical (unpaired) electrons. The van der Waals surface area contributed by atoms with E-state index < -0.39 is 0 Å². The molecule has 0 unspecified atom stereocenters. The van der Waals surface area contributed by atoms with E-state index in [2.05, 4.69) is 4.98 Å². The maximum Gasteiger partial charge on any atom is 0.249 e. The lowest BCUT2D eigenvalue weighted by Gasteiger charge is -2.26. The molecule has 0 spiro atoms. The second-order valence-electron chi connectivity index (χ2n) is 3.91. The van der Waals surface area contributed by atoms with Gasteiger partial charge in [0.1, 0.15) is 6.61 Å². The third-order valence-electron chi connectivity index (χ3n) is 2.29. The Morgan fingerprint density at radius 3 is 2.81 bits per heavy atom. The van der Waals surface area contributed by atoms with Crippen molar-refractivity contribution in [3.8, 4) is 0 Å². The van der Waals surface area contributed by atoms with E-state index in [4.69, 9.17) is 4.74 Å². The van der Waals surface area contributed by atoms with Gasteiger partial charge in [-0.3, -0.25) is 9.78 Å². The Hall–Kier alpha value is -1.42. The average molecular weight is 222 g/mol. The summed E-state index contributed by atoms with van der Waals surface area (Å²) in [4.78, 5) is 17.6. The monoisotopic (exact) mass is 222 g/mol. The highest BCUT2D eigenvalue weighted by molar-refractivity contribution is 5.77. The lowest BCUT2D eigenvalue weighted by Crippen LogP contribution is -2.38. The molecule has 1 aromatic heterocycles. The fraction of sp³-hybridized carbons (Fsp3) is 0.500. The fourth-order valence-electron chi connectivity index (χ4n) is 1.45. The minimum atomic E-state index is 0.00125. The number of nitrogens with zero attached hydrogens (tertiary/aromatic N) is 2. The van der Waals surface area contributed by atoms with E-state index in [0.717, 1.165) is 5.56 Å². The van der Waals surface area contributed by atoms with Crippen molar-refractivity contribution in [2.24, 2.45) is 0 Å². The summed E-state index contributed by atoms with van der Waals surface area (Å²) < 4.78 is 4.87. The maximum absolute atomic E-state index is 11.8. The predicted molar refractivity (Wildman–Crippen MR) is 61.8 cm³/mol. The van der Waals surface area contributed by atoms with Gasteiger partial charge in [0.15, 0.2) is 0 Å². The van der Waals surface area contributed by atoms with Crippen LogP contribution in [-0.2, 0) is 16.1 Å². The number of hydrogen-bond donors (Lipinski definition) is 0. The van der Waals surface area contributed by atoms with E-state index in [0.29, 0.717) is 6.54 Å². The van der Waals surface area contributed by atoms with Crippen molar-refractivity contribution in [1.29, 1.82) is 0 Å². The average Bonchev–Trinajstić information content (AvgIpc) is 2.27. The number of carbonyl (C=O) groups is 1. The van der Waals surface area contributed by atoms with Gasteiger partial charge in [0.05, 0.1) is 0 Å².